The Kier molecular flexibility index (Phi) is 4.69. The van der Waals surface area contributed by atoms with Crippen molar-refractivity contribution in [1.82, 2.24) is 0 Å². The molecule has 2 saturated carbocycles. The highest BCUT2D eigenvalue weighted by atomic mass is 127. The molecular formula is C13H14F9I. The Morgan fingerprint density at radius 1 is 0.565 bits per heavy atom. The topological polar surface area (TPSA) is 0 Å². The van der Waals surface area contributed by atoms with Crippen LogP contribution in [0.4, 0.5) is 39.5 Å². The second kappa shape index (κ2) is 5.55. The molecule has 0 spiro atoms. The van der Waals surface area contributed by atoms with Gasteiger partial charge in [0.2, 0.25) is 0 Å². The smallest absolute Gasteiger partial charge is 0.230 e. The van der Waals surface area contributed by atoms with E-state index in [-0.39, 0.29) is 12.8 Å². The van der Waals surface area contributed by atoms with Crippen LogP contribution in [0.2, 0.25) is 0 Å². The zero-order chi connectivity index (χ0) is 17.9. The van der Waals surface area contributed by atoms with Gasteiger partial charge in [0.1, 0.15) is 0 Å². The Hall–Kier alpha value is 0.1000. The molecule has 0 nitrogen and oxygen atoms in total. The molecule has 0 amide bonds. The van der Waals surface area contributed by atoms with E-state index in [4.69, 9.17) is 0 Å². The molecule has 0 N–H and O–H groups in total. The van der Waals surface area contributed by atoms with Gasteiger partial charge in [-0.1, -0.05) is 48.3 Å². The SMILES string of the molecule is FC1(F)C(F)(F)C(F)(F)C(F)(C2CCCCCCC2I)C1(F)F. The molecule has 0 aromatic carbocycles. The molecule has 10 heteroatoms. The molecular weight excluding hydrogens is 454 g/mol. The van der Waals surface area contributed by atoms with E-state index in [1.165, 1.54) is 22.6 Å². The molecule has 0 saturated heterocycles. The Bertz CT molecular complexity index is 436. The summed E-state index contributed by atoms with van der Waals surface area (Å²) in [5.41, 5.74) is -5.30. The van der Waals surface area contributed by atoms with Crippen LogP contribution in [0.25, 0.3) is 0 Å². The third kappa shape index (κ3) is 2.17. The third-order valence-electron chi connectivity index (χ3n) is 4.79. The van der Waals surface area contributed by atoms with E-state index >= 15 is 0 Å². The first-order valence-electron chi connectivity index (χ1n) is 7.11. The maximum absolute atomic E-state index is 14.8. The van der Waals surface area contributed by atoms with Gasteiger partial charge in [0.25, 0.3) is 5.67 Å². The van der Waals surface area contributed by atoms with Crippen molar-refractivity contribution in [3.05, 3.63) is 0 Å². The summed E-state index contributed by atoms with van der Waals surface area (Å²) in [7, 11) is 0. The largest absolute Gasteiger partial charge is 0.381 e. The van der Waals surface area contributed by atoms with Crippen molar-refractivity contribution in [3.63, 3.8) is 0 Å². The first-order valence-corrected chi connectivity index (χ1v) is 8.35. The Labute approximate surface area is 140 Å². The number of hydrogen-bond acceptors (Lipinski definition) is 0. The summed E-state index contributed by atoms with van der Waals surface area (Å²) in [6.07, 6.45) is 0.982. The molecule has 2 rings (SSSR count). The predicted molar refractivity (Wildman–Crippen MR) is 72.6 cm³/mol. The lowest BCUT2D eigenvalue weighted by atomic mass is 9.75. The van der Waals surface area contributed by atoms with Gasteiger partial charge < -0.3 is 0 Å². The van der Waals surface area contributed by atoms with Crippen LogP contribution in [0.3, 0.4) is 0 Å². The fourth-order valence-electron chi connectivity index (χ4n) is 3.40. The molecule has 2 aliphatic rings. The highest BCUT2D eigenvalue weighted by Gasteiger charge is 3.01. The Morgan fingerprint density at radius 2 is 0.957 bits per heavy atom. The van der Waals surface area contributed by atoms with Gasteiger partial charge in [-0.15, -0.1) is 0 Å². The minimum atomic E-state index is -6.46. The average Bonchev–Trinajstić information content (AvgIpc) is 2.45. The van der Waals surface area contributed by atoms with Gasteiger partial charge in [-0.25, -0.2) is 4.39 Å². The van der Waals surface area contributed by atoms with E-state index in [2.05, 4.69) is 0 Å². The standard InChI is InChI=1S/C13H14F9I/c14-9(7-5-3-1-2-4-6-8(7)23)10(15,16)12(19,20)13(21,22)11(9,17)18/h7-8H,1-6H2. The van der Waals surface area contributed by atoms with Crippen LogP contribution in [0.15, 0.2) is 0 Å². The first kappa shape index (κ1) is 19.4. The van der Waals surface area contributed by atoms with Gasteiger partial charge in [0.05, 0.1) is 0 Å². The normalized spacial score (nSPS) is 37.8. The second-order valence-electron chi connectivity index (χ2n) is 6.12. The molecule has 136 valence electrons. The van der Waals surface area contributed by atoms with Crippen molar-refractivity contribution in [3.8, 4) is 0 Å². The van der Waals surface area contributed by atoms with E-state index in [9.17, 15) is 39.5 Å². The van der Waals surface area contributed by atoms with Gasteiger partial charge in [0, 0.05) is 9.84 Å². The van der Waals surface area contributed by atoms with Crippen molar-refractivity contribution in [2.75, 3.05) is 0 Å². The summed E-state index contributed by atoms with van der Waals surface area (Å²) in [6, 6.07) is 0. The molecule has 23 heavy (non-hydrogen) atoms. The van der Waals surface area contributed by atoms with Crippen LogP contribution >= 0.6 is 22.6 Å². The van der Waals surface area contributed by atoms with Gasteiger partial charge in [-0.05, 0) is 12.8 Å². The van der Waals surface area contributed by atoms with Gasteiger partial charge >= 0.3 is 23.7 Å². The Morgan fingerprint density at radius 3 is 1.39 bits per heavy atom. The van der Waals surface area contributed by atoms with Gasteiger partial charge in [0.15, 0.2) is 0 Å². The van der Waals surface area contributed by atoms with Crippen LogP contribution in [-0.4, -0.2) is 33.3 Å². The lowest BCUT2D eigenvalue weighted by Gasteiger charge is -2.40. The maximum Gasteiger partial charge on any atom is 0.381 e. The number of alkyl halides is 10. The lowest BCUT2D eigenvalue weighted by molar-refractivity contribution is -0.303. The van der Waals surface area contributed by atoms with Crippen LogP contribution in [0.5, 0.6) is 0 Å². The molecule has 0 bridgehead atoms. The van der Waals surface area contributed by atoms with Crippen LogP contribution in [-0.2, 0) is 0 Å². The fraction of sp³-hybridized carbons (Fsp3) is 1.00. The molecule has 0 aromatic heterocycles. The van der Waals surface area contributed by atoms with E-state index in [1.807, 2.05) is 0 Å². The molecule has 0 radical (unpaired) electrons. The molecule has 2 atom stereocenters. The summed E-state index contributed by atoms with van der Waals surface area (Å²) in [6.45, 7) is 0. The predicted octanol–water partition coefficient (Wildman–Crippen LogP) is 6.02. The molecule has 2 aliphatic carbocycles. The van der Waals surface area contributed by atoms with Gasteiger partial charge in [-0.3, -0.25) is 0 Å². The Balaban J connectivity index is 2.60. The molecule has 0 aliphatic heterocycles. The first-order chi connectivity index (χ1) is 10.3. The maximum atomic E-state index is 14.8. The summed E-state index contributed by atoms with van der Waals surface area (Å²) in [5, 5.41) is 0. The molecule has 0 heterocycles. The highest BCUT2D eigenvalue weighted by Crippen LogP contribution is 2.72. The quantitative estimate of drug-likeness (QED) is 0.251. The third-order valence-corrected chi connectivity index (χ3v) is 6.28. The molecule has 2 unspecified atom stereocenters. The van der Waals surface area contributed by atoms with E-state index < -0.39 is 45.6 Å². The zero-order valence-corrected chi connectivity index (χ0v) is 13.8. The zero-order valence-electron chi connectivity index (χ0n) is 11.7. The summed E-state index contributed by atoms with van der Waals surface area (Å²) >= 11 is 1.42. The van der Waals surface area contributed by atoms with Crippen LogP contribution < -0.4 is 0 Å². The highest BCUT2D eigenvalue weighted by molar-refractivity contribution is 14.1. The summed E-state index contributed by atoms with van der Waals surface area (Å²) in [5.74, 6) is -27.5. The minimum absolute atomic E-state index is 0.0280. The van der Waals surface area contributed by atoms with Crippen molar-refractivity contribution < 1.29 is 39.5 Å². The summed E-state index contributed by atoms with van der Waals surface area (Å²) in [4.78, 5) is 0. The summed E-state index contributed by atoms with van der Waals surface area (Å²) < 4.78 is 122. The van der Waals surface area contributed by atoms with E-state index in [0.717, 1.165) is 0 Å². The lowest BCUT2D eigenvalue weighted by Crippen LogP contribution is -2.61. The molecule has 2 fully saturated rings. The minimum Gasteiger partial charge on any atom is -0.230 e. The number of hydrogen-bond donors (Lipinski definition) is 0. The number of halogens is 10. The van der Waals surface area contributed by atoms with E-state index in [1.54, 1.807) is 0 Å². The second-order valence-corrected chi connectivity index (χ2v) is 7.72. The van der Waals surface area contributed by atoms with Crippen molar-refractivity contribution in [2.45, 2.75) is 71.8 Å². The molecule has 0 aromatic rings. The number of rotatable bonds is 1. The van der Waals surface area contributed by atoms with Crippen LogP contribution in [0, 0.1) is 5.92 Å². The van der Waals surface area contributed by atoms with E-state index in [0.29, 0.717) is 19.3 Å². The van der Waals surface area contributed by atoms with Crippen LogP contribution in [0.1, 0.15) is 38.5 Å². The van der Waals surface area contributed by atoms with Crippen molar-refractivity contribution in [2.24, 2.45) is 5.92 Å². The van der Waals surface area contributed by atoms with Crippen molar-refractivity contribution >= 4 is 22.6 Å². The fourth-order valence-corrected chi connectivity index (χ4v) is 4.70. The van der Waals surface area contributed by atoms with Gasteiger partial charge in [-0.2, -0.15) is 35.1 Å². The monoisotopic (exact) mass is 468 g/mol. The average molecular weight is 468 g/mol. The van der Waals surface area contributed by atoms with Crippen molar-refractivity contribution in [1.29, 1.82) is 0 Å².